The Morgan fingerprint density at radius 2 is 2.04 bits per heavy atom. The smallest absolute Gasteiger partial charge is 0.274 e. The number of nitrogens with zero attached hydrogens (tertiary/aromatic N) is 5. The van der Waals surface area contributed by atoms with E-state index in [1.165, 1.54) is 0 Å². The Labute approximate surface area is 159 Å². The lowest BCUT2D eigenvalue weighted by molar-refractivity contribution is 0.0728. The van der Waals surface area contributed by atoms with E-state index in [4.69, 9.17) is 0 Å². The maximum Gasteiger partial charge on any atom is 0.274 e. The number of aromatic nitrogens is 3. The second-order valence-corrected chi connectivity index (χ2v) is 7.71. The Morgan fingerprint density at radius 3 is 2.74 bits per heavy atom. The number of hydrogen-bond donors (Lipinski definition) is 0. The van der Waals surface area contributed by atoms with E-state index in [2.05, 4.69) is 14.9 Å². The summed E-state index contributed by atoms with van der Waals surface area (Å²) < 4.78 is 2.04. The Kier molecular flexibility index (Phi) is 4.78. The number of amides is 1. The van der Waals surface area contributed by atoms with E-state index in [-0.39, 0.29) is 11.7 Å². The summed E-state index contributed by atoms with van der Waals surface area (Å²) >= 11 is 0. The van der Waals surface area contributed by atoms with Crippen LogP contribution in [0.1, 0.15) is 46.3 Å². The van der Waals surface area contributed by atoms with Crippen LogP contribution in [0, 0.1) is 5.92 Å². The van der Waals surface area contributed by atoms with Gasteiger partial charge in [-0.25, -0.2) is 4.98 Å². The standard InChI is InChI=1S/C20H25N5O2/c1-14(26)16-7-18(23(2)11-16)13-24-9-15-3-4-17(24)12-25(10-15)20(27)19-8-21-5-6-22-19/h5-8,11,15,17H,3-4,9-10,12-13H2,1-2H3. The van der Waals surface area contributed by atoms with Crippen molar-refractivity contribution >= 4 is 11.7 Å². The molecule has 2 aromatic rings. The molecule has 7 heteroatoms. The first-order chi connectivity index (χ1) is 13.0. The molecule has 3 fully saturated rings. The fourth-order valence-corrected chi connectivity index (χ4v) is 4.28. The number of aryl methyl sites for hydroxylation is 1. The molecule has 0 aromatic carbocycles. The quantitative estimate of drug-likeness (QED) is 0.770. The molecule has 3 aliphatic heterocycles. The second kappa shape index (κ2) is 7.23. The van der Waals surface area contributed by atoms with Crippen molar-refractivity contribution in [2.45, 2.75) is 32.4 Å². The molecule has 5 heterocycles. The number of Topliss-reactive ketones (excluding diaryl/α,β-unsaturated/α-hetero) is 1. The third-order valence-corrected chi connectivity index (χ3v) is 5.78. The van der Waals surface area contributed by atoms with Gasteiger partial charge in [-0.1, -0.05) is 0 Å². The number of hydrogen-bond acceptors (Lipinski definition) is 5. The SMILES string of the molecule is CC(=O)c1cc(CN2CC3CCC2CN(C(=O)c2cnccn2)C3)n(C)c1. The van der Waals surface area contributed by atoms with Crippen LogP contribution in [0.4, 0.5) is 0 Å². The van der Waals surface area contributed by atoms with Crippen LogP contribution in [-0.2, 0) is 13.6 Å². The molecule has 2 atom stereocenters. The molecule has 0 spiro atoms. The molecule has 0 N–H and O–H groups in total. The predicted molar refractivity (Wildman–Crippen MR) is 100 cm³/mol. The van der Waals surface area contributed by atoms with Gasteiger partial charge in [0.05, 0.1) is 6.20 Å². The van der Waals surface area contributed by atoms with E-state index >= 15 is 0 Å². The zero-order chi connectivity index (χ0) is 19.0. The molecule has 2 aromatic heterocycles. The van der Waals surface area contributed by atoms with Gasteiger partial charge in [0.25, 0.3) is 5.91 Å². The van der Waals surface area contributed by atoms with Crippen molar-refractivity contribution in [3.8, 4) is 0 Å². The van der Waals surface area contributed by atoms with Crippen LogP contribution >= 0.6 is 0 Å². The van der Waals surface area contributed by atoms with E-state index in [1.807, 2.05) is 28.8 Å². The minimum absolute atomic E-state index is 0.0282. The van der Waals surface area contributed by atoms with E-state index < -0.39 is 0 Å². The zero-order valence-corrected chi connectivity index (χ0v) is 15.8. The van der Waals surface area contributed by atoms with Crippen molar-refractivity contribution in [2.75, 3.05) is 19.6 Å². The summed E-state index contributed by atoms with van der Waals surface area (Å²) in [5.41, 5.74) is 2.31. The summed E-state index contributed by atoms with van der Waals surface area (Å²) in [5.74, 6) is 0.534. The summed E-state index contributed by atoms with van der Waals surface area (Å²) in [6.45, 7) is 4.88. The summed E-state index contributed by atoms with van der Waals surface area (Å²) in [6.07, 6.45) is 8.84. The highest BCUT2D eigenvalue weighted by Crippen LogP contribution is 2.30. The predicted octanol–water partition coefficient (Wildman–Crippen LogP) is 1.75. The summed E-state index contributed by atoms with van der Waals surface area (Å²) in [6, 6.07) is 2.32. The van der Waals surface area contributed by atoms with Gasteiger partial charge < -0.3 is 9.47 Å². The molecular weight excluding hydrogens is 342 g/mol. The van der Waals surface area contributed by atoms with Crippen LogP contribution in [0.5, 0.6) is 0 Å². The van der Waals surface area contributed by atoms with Gasteiger partial charge in [-0.05, 0) is 31.7 Å². The van der Waals surface area contributed by atoms with E-state index in [0.29, 0.717) is 17.7 Å². The van der Waals surface area contributed by atoms with Crippen molar-refractivity contribution in [1.82, 2.24) is 24.3 Å². The first-order valence-corrected chi connectivity index (χ1v) is 9.47. The van der Waals surface area contributed by atoms with Gasteiger partial charge in [0.15, 0.2) is 5.78 Å². The summed E-state index contributed by atoms with van der Waals surface area (Å²) in [7, 11) is 1.99. The van der Waals surface area contributed by atoms with Gasteiger partial charge in [0, 0.05) is 69.1 Å². The van der Waals surface area contributed by atoms with Crippen molar-refractivity contribution in [3.63, 3.8) is 0 Å². The van der Waals surface area contributed by atoms with Crippen LogP contribution in [0.15, 0.2) is 30.9 Å². The lowest BCUT2D eigenvalue weighted by Gasteiger charge is -2.36. The maximum absolute atomic E-state index is 12.8. The Morgan fingerprint density at radius 1 is 1.19 bits per heavy atom. The van der Waals surface area contributed by atoms with Gasteiger partial charge in [0.1, 0.15) is 5.69 Å². The normalized spacial score (nSPS) is 22.7. The molecule has 3 aliphatic rings. The van der Waals surface area contributed by atoms with Crippen molar-refractivity contribution < 1.29 is 9.59 Å². The van der Waals surface area contributed by atoms with Crippen molar-refractivity contribution in [2.24, 2.45) is 13.0 Å². The number of rotatable bonds is 4. The average Bonchev–Trinajstić information content (AvgIpc) is 2.84. The monoisotopic (exact) mass is 367 g/mol. The highest BCUT2D eigenvalue weighted by atomic mass is 16.2. The number of fused-ring (bicyclic) bond motifs is 4. The number of carbonyl (C=O) groups is 2. The fraction of sp³-hybridized carbons (Fsp3) is 0.500. The maximum atomic E-state index is 12.8. The second-order valence-electron chi connectivity index (χ2n) is 7.71. The van der Waals surface area contributed by atoms with Crippen molar-refractivity contribution in [3.05, 3.63) is 47.8 Å². The van der Waals surface area contributed by atoms with Crippen molar-refractivity contribution in [1.29, 1.82) is 0 Å². The lowest BCUT2D eigenvalue weighted by atomic mass is 9.95. The van der Waals surface area contributed by atoms with Gasteiger partial charge in [0.2, 0.25) is 0 Å². The van der Waals surface area contributed by atoms with E-state index in [9.17, 15) is 9.59 Å². The van der Waals surface area contributed by atoms with E-state index in [0.717, 1.165) is 50.3 Å². The van der Waals surface area contributed by atoms with Gasteiger partial charge in [-0.15, -0.1) is 0 Å². The van der Waals surface area contributed by atoms with Gasteiger partial charge in [-0.3, -0.25) is 19.5 Å². The molecule has 5 rings (SSSR count). The molecule has 0 radical (unpaired) electrons. The van der Waals surface area contributed by atoms with Crippen LogP contribution in [0.25, 0.3) is 0 Å². The number of carbonyl (C=O) groups excluding carboxylic acids is 2. The van der Waals surface area contributed by atoms with Crippen LogP contribution in [0.2, 0.25) is 0 Å². The molecule has 27 heavy (non-hydrogen) atoms. The summed E-state index contributed by atoms with van der Waals surface area (Å²) in [5, 5.41) is 0. The zero-order valence-electron chi connectivity index (χ0n) is 15.8. The fourth-order valence-electron chi connectivity index (χ4n) is 4.28. The molecule has 2 bridgehead atoms. The summed E-state index contributed by atoms with van der Waals surface area (Å²) in [4.78, 5) is 37.1. The minimum atomic E-state index is -0.0282. The first-order valence-electron chi connectivity index (χ1n) is 9.47. The number of ketones is 1. The molecule has 2 unspecified atom stereocenters. The minimum Gasteiger partial charge on any atom is -0.353 e. The third-order valence-electron chi connectivity index (χ3n) is 5.78. The number of piperidine rings is 1. The average molecular weight is 367 g/mol. The largest absolute Gasteiger partial charge is 0.353 e. The molecule has 142 valence electrons. The van der Waals surface area contributed by atoms with Crippen LogP contribution in [-0.4, -0.2) is 61.7 Å². The highest BCUT2D eigenvalue weighted by molar-refractivity contribution is 5.94. The van der Waals surface area contributed by atoms with Gasteiger partial charge in [-0.2, -0.15) is 0 Å². The topological polar surface area (TPSA) is 71.3 Å². The highest BCUT2D eigenvalue weighted by Gasteiger charge is 2.37. The third kappa shape index (κ3) is 3.64. The molecule has 0 aliphatic carbocycles. The molecule has 1 amide bonds. The molecule has 7 nitrogen and oxygen atoms in total. The van der Waals surface area contributed by atoms with E-state index in [1.54, 1.807) is 25.5 Å². The Balaban J connectivity index is 1.50. The first kappa shape index (κ1) is 17.9. The molecular formula is C20H25N5O2. The van der Waals surface area contributed by atoms with Crippen LogP contribution in [0.3, 0.4) is 0 Å². The Hall–Kier alpha value is -2.54. The van der Waals surface area contributed by atoms with Crippen LogP contribution < -0.4 is 0 Å². The lowest BCUT2D eigenvalue weighted by Crippen LogP contribution is -2.44. The Bertz CT molecular complexity index is 847. The van der Waals surface area contributed by atoms with Gasteiger partial charge >= 0.3 is 0 Å². The molecule has 3 saturated heterocycles. The molecule has 0 saturated carbocycles.